The fourth-order valence-electron chi connectivity index (χ4n) is 6.79. The number of nitrogens with zero attached hydrogens (tertiary/aromatic N) is 5. The number of hydrogen-bond donors (Lipinski definition) is 3. The lowest BCUT2D eigenvalue weighted by Crippen LogP contribution is -2.55. The second kappa shape index (κ2) is 14.2. The third-order valence-electron chi connectivity index (χ3n) is 9.64. The molecule has 2 aliphatic heterocycles. The first-order valence-corrected chi connectivity index (χ1v) is 16.3. The van der Waals surface area contributed by atoms with Gasteiger partial charge in [0.15, 0.2) is 5.82 Å². The number of rotatable bonds is 11. The van der Waals surface area contributed by atoms with Crippen LogP contribution >= 0.6 is 0 Å². The van der Waals surface area contributed by atoms with E-state index < -0.39 is 11.5 Å². The van der Waals surface area contributed by atoms with E-state index in [4.69, 9.17) is 20.2 Å². The molecule has 250 valence electrons. The number of hydrogen-bond acceptors (Lipinski definition) is 11. The topological polar surface area (TPSA) is 155 Å². The number of carbonyl (C=O) groups is 3. The number of carbonyl (C=O) groups excluding carboxylic acids is 3. The molecule has 1 aromatic heterocycles. The third-order valence-corrected chi connectivity index (χ3v) is 9.64. The number of aromatic nitrogens is 2. The van der Waals surface area contributed by atoms with Crippen LogP contribution in [0.15, 0.2) is 24.4 Å². The van der Waals surface area contributed by atoms with Crippen molar-refractivity contribution in [3.63, 3.8) is 0 Å². The standard InChI is InChI=1S/C33H48N8O5/c1-6-25-30(43)39(3)26-20-35-32(38-28(26)41(25)23-9-7-8-10-23)37-24-12-11-21(19-27(24)45-4)29(42)36-22-13-16-40(17-14-22)18-15-33(2,34)31(44)46-5/h11-12,19-20,22-23,25H,6-10,13-18,34H2,1-5H3,(H,36,42)(H,35,37,38)/t25-,33-/m1/s1. The summed E-state index contributed by atoms with van der Waals surface area (Å²) < 4.78 is 10.5. The van der Waals surface area contributed by atoms with Gasteiger partial charge in [0.2, 0.25) is 11.9 Å². The molecule has 2 fully saturated rings. The maximum absolute atomic E-state index is 13.2. The molecule has 1 aliphatic carbocycles. The van der Waals surface area contributed by atoms with Crippen molar-refractivity contribution in [1.29, 1.82) is 0 Å². The number of piperidine rings is 1. The average molecular weight is 637 g/mol. The summed E-state index contributed by atoms with van der Waals surface area (Å²) in [4.78, 5) is 53.9. The largest absolute Gasteiger partial charge is 0.495 e. The van der Waals surface area contributed by atoms with Gasteiger partial charge in [-0.15, -0.1) is 0 Å². The van der Waals surface area contributed by atoms with Gasteiger partial charge in [-0.25, -0.2) is 4.98 Å². The van der Waals surface area contributed by atoms with Crippen LogP contribution in [0.1, 0.15) is 75.6 Å². The van der Waals surface area contributed by atoms with Gasteiger partial charge in [-0.3, -0.25) is 14.4 Å². The quantitative estimate of drug-likeness (QED) is 0.312. The van der Waals surface area contributed by atoms with E-state index in [1.807, 2.05) is 6.92 Å². The number of nitrogens with one attached hydrogen (secondary N) is 2. The SMILES string of the molecule is CC[C@@H]1C(=O)N(C)c2cnc(Nc3ccc(C(=O)NC4CCN(CC[C@@](C)(N)C(=O)OC)CC4)cc3OC)nc2N1C1CCCC1. The number of methoxy groups -OCH3 is 2. The maximum Gasteiger partial charge on any atom is 0.325 e. The van der Waals surface area contributed by atoms with Crippen molar-refractivity contribution in [3.05, 3.63) is 30.0 Å². The predicted octanol–water partition coefficient (Wildman–Crippen LogP) is 3.21. The summed E-state index contributed by atoms with van der Waals surface area (Å²) in [5, 5.41) is 6.43. The molecule has 1 saturated heterocycles. The van der Waals surface area contributed by atoms with E-state index in [1.165, 1.54) is 7.11 Å². The zero-order valence-corrected chi connectivity index (χ0v) is 27.7. The number of fused-ring (bicyclic) bond motifs is 1. The van der Waals surface area contributed by atoms with E-state index in [1.54, 1.807) is 50.4 Å². The number of likely N-dealkylation sites (tertiary alicyclic amines) is 1. The Morgan fingerprint density at radius 2 is 1.85 bits per heavy atom. The smallest absolute Gasteiger partial charge is 0.325 e. The molecule has 2 atom stereocenters. The molecule has 0 spiro atoms. The van der Waals surface area contributed by atoms with Gasteiger partial charge in [-0.05, 0) is 63.6 Å². The van der Waals surface area contributed by atoms with E-state index in [0.29, 0.717) is 48.0 Å². The van der Waals surface area contributed by atoms with Crippen molar-refractivity contribution in [3.8, 4) is 5.75 Å². The van der Waals surface area contributed by atoms with E-state index >= 15 is 0 Å². The van der Waals surface area contributed by atoms with Crippen LogP contribution in [-0.2, 0) is 14.3 Å². The van der Waals surface area contributed by atoms with Gasteiger partial charge in [0.1, 0.15) is 23.0 Å². The van der Waals surface area contributed by atoms with Gasteiger partial charge in [0.25, 0.3) is 5.91 Å². The van der Waals surface area contributed by atoms with E-state index in [2.05, 4.69) is 25.4 Å². The molecule has 4 N–H and O–H groups in total. The minimum atomic E-state index is -1.02. The summed E-state index contributed by atoms with van der Waals surface area (Å²) in [5.41, 5.74) is 6.91. The Balaban J connectivity index is 1.23. The lowest BCUT2D eigenvalue weighted by Gasteiger charge is -2.43. The van der Waals surface area contributed by atoms with Crippen LogP contribution < -0.4 is 30.9 Å². The molecule has 2 aromatic rings. The van der Waals surface area contributed by atoms with Crippen molar-refractivity contribution in [2.24, 2.45) is 5.73 Å². The van der Waals surface area contributed by atoms with Crippen molar-refractivity contribution < 1.29 is 23.9 Å². The van der Waals surface area contributed by atoms with Crippen molar-refractivity contribution in [2.75, 3.05) is 56.0 Å². The van der Waals surface area contributed by atoms with Gasteiger partial charge in [0.05, 0.1) is 26.1 Å². The summed E-state index contributed by atoms with van der Waals surface area (Å²) in [6.07, 6.45) is 8.89. The third kappa shape index (κ3) is 7.05. The van der Waals surface area contributed by atoms with Gasteiger partial charge in [-0.2, -0.15) is 4.98 Å². The molecule has 13 heteroatoms. The summed E-state index contributed by atoms with van der Waals surface area (Å²) >= 11 is 0. The van der Waals surface area contributed by atoms with E-state index in [-0.39, 0.29) is 29.9 Å². The number of amides is 2. The van der Waals surface area contributed by atoms with Crippen LogP contribution in [0.25, 0.3) is 0 Å². The summed E-state index contributed by atoms with van der Waals surface area (Å²) in [7, 11) is 4.69. The molecule has 0 bridgehead atoms. The molecular formula is C33H48N8O5. The summed E-state index contributed by atoms with van der Waals surface area (Å²) in [6, 6.07) is 5.33. The lowest BCUT2D eigenvalue weighted by atomic mass is 9.97. The van der Waals surface area contributed by atoms with Gasteiger partial charge < -0.3 is 40.5 Å². The molecule has 0 radical (unpaired) electrons. The highest BCUT2D eigenvalue weighted by Gasteiger charge is 2.41. The van der Waals surface area contributed by atoms with Crippen molar-refractivity contribution in [1.82, 2.24) is 20.2 Å². The Labute approximate surface area is 271 Å². The average Bonchev–Trinajstić information content (AvgIpc) is 3.60. The van der Waals surface area contributed by atoms with Gasteiger partial charge in [-0.1, -0.05) is 19.8 Å². The van der Waals surface area contributed by atoms with Crippen molar-refractivity contribution in [2.45, 2.75) is 88.9 Å². The number of benzene rings is 1. The minimum absolute atomic E-state index is 0.0427. The number of nitrogens with two attached hydrogens (primary N) is 1. The number of anilines is 4. The Kier molecular flexibility index (Phi) is 10.3. The predicted molar refractivity (Wildman–Crippen MR) is 177 cm³/mol. The molecule has 1 saturated carbocycles. The molecule has 3 heterocycles. The normalized spacial score (nSPS) is 20.7. The monoisotopic (exact) mass is 636 g/mol. The van der Waals surface area contributed by atoms with Crippen molar-refractivity contribution >= 4 is 40.9 Å². The fourth-order valence-corrected chi connectivity index (χ4v) is 6.79. The first kappa shape index (κ1) is 33.4. The number of esters is 1. The second-order valence-corrected chi connectivity index (χ2v) is 12.9. The Bertz CT molecular complexity index is 1420. The fraction of sp³-hybridized carbons (Fsp3) is 0.606. The van der Waals surface area contributed by atoms with Crippen LogP contribution in [0, 0.1) is 0 Å². The summed E-state index contributed by atoms with van der Waals surface area (Å²) in [5.74, 6) is 1.14. The van der Waals surface area contributed by atoms with E-state index in [9.17, 15) is 14.4 Å². The first-order chi connectivity index (χ1) is 22.1. The molecule has 13 nitrogen and oxygen atoms in total. The number of likely N-dealkylation sites (N-methyl/N-ethyl adjacent to an activating group) is 1. The molecule has 0 unspecified atom stereocenters. The molecule has 2 amide bonds. The molecule has 1 aromatic carbocycles. The number of ether oxygens (including phenoxy) is 2. The Morgan fingerprint density at radius 3 is 2.50 bits per heavy atom. The van der Waals surface area contributed by atoms with Crippen LogP contribution in [0.4, 0.5) is 23.1 Å². The molecular weight excluding hydrogens is 588 g/mol. The second-order valence-electron chi connectivity index (χ2n) is 12.9. The van der Waals surface area contributed by atoms with Gasteiger partial charge in [0, 0.05) is 44.3 Å². The summed E-state index contributed by atoms with van der Waals surface area (Å²) in [6.45, 7) is 6.03. The van der Waals surface area contributed by atoms with Crippen LogP contribution in [0.3, 0.4) is 0 Å². The highest BCUT2D eigenvalue weighted by molar-refractivity contribution is 6.04. The van der Waals surface area contributed by atoms with E-state index in [0.717, 1.165) is 57.4 Å². The molecule has 5 rings (SSSR count). The zero-order valence-electron chi connectivity index (χ0n) is 27.7. The van der Waals surface area contributed by atoms with Crippen LogP contribution in [-0.4, -0.2) is 97.2 Å². The highest BCUT2D eigenvalue weighted by Crippen LogP contribution is 2.40. The van der Waals surface area contributed by atoms with Gasteiger partial charge >= 0.3 is 5.97 Å². The Morgan fingerprint density at radius 1 is 1.13 bits per heavy atom. The molecule has 3 aliphatic rings. The zero-order chi connectivity index (χ0) is 33.0. The lowest BCUT2D eigenvalue weighted by molar-refractivity contribution is -0.146. The highest BCUT2D eigenvalue weighted by atomic mass is 16.5. The molecule has 46 heavy (non-hydrogen) atoms. The van der Waals surface area contributed by atoms with Crippen LogP contribution in [0.5, 0.6) is 5.75 Å². The maximum atomic E-state index is 13.2. The first-order valence-electron chi connectivity index (χ1n) is 16.3. The van der Waals surface area contributed by atoms with Crippen LogP contribution in [0.2, 0.25) is 0 Å². The minimum Gasteiger partial charge on any atom is -0.495 e. The Hall–Kier alpha value is -3.97.